The zero-order valence-electron chi connectivity index (χ0n) is 24.4. The Hall–Kier alpha value is -2.98. The van der Waals surface area contributed by atoms with Gasteiger partial charge in [-0.15, -0.1) is 0 Å². The number of aliphatic carboxylic acids is 1. The molecule has 5 rings (SSSR count). The van der Waals surface area contributed by atoms with Gasteiger partial charge in [-0.1, -0.05) is 72.6 Å². The molecule has 7 nitrogen and oxygen atoms in total. The van der Waals surface area contributed by atoms with Crippen molar-refractivity contribution in [1.82, 2.24) is 9.62 Å². The molecule has 0 spiro atoms. The SMILES string of the molecule is CC(c1ccccc1F)S(=O)(=O)NC[C@H](C1CC1)N1C(=O)[C@@](C)(CC(=O)O)C[C@H](c2cccc(Cl)c2)[C@H]1c1ccc(Cl)cc1. The molecule has 5 atom stereocenters. The van der Waals surface area contributed by atoms with Gasteiger partial charge in [-0.25, -0.2) is 17.5 Å². The highest BCUT2D eigenvalue weighted by Gasteiger charge is 2.54. The van der Waals surface area contributed by atoms with Crippen LogP contribution in [0.25, 0.3) is 0 Å². The van der Waals surface area contributed by atoms with Crippen molar-refractivity contribution in [3.05, 3.63) is 105 Å². The monoisotopic (exact) mass is 660 g/mol. The molecule has 1 saturated carbocycles. The van der Waals surface area contributed by atoms with Crippen molar-refractivity contribution in [1.29, 1.82) is 0 Å². The normalized spacial score (nSPS) is 23.8. The number of sulfonamides is 1. The van der Waals surface area contributed by atoms with Gasteiger partial charge < -0.3 is 10.0 Å². The number of likely N-dealkylation sites (tertiary alicyclic amines) is 1. The molecule has 1 aliphatic carbocycles. The summed E-state index contributed by atoms with van der Waals surface area (Å²) >= 11 is 12.7. The maximum atomic E-state index is 14.6. The van der Waals surface area contributed by atoms with Gasteiger partial charge in [0, 0.05) is 34.1 Å². The zero-order chi connectivity index (χ0) is 31.8. The summed E-state index contributed by atoms with van der Waals surface area (Å²) in [6, 6.07) is 19.1. The summed E-state index contributed by atoms with van der Waals surface area (Å²) in [7, 11) is -4.06. The first kappa shape index (κ1) is 32.4. The molecule has 2 N–H and O–H groups in total. The van der Waals surface area contributed by atoms with Crippen molar-refractivity contribution in [2.75, 3.05) is 6.54 Å². The van der Waals surface area contributed by atoms with Crippen LogP contribution >= 0.6 is 23.2 Å². The van der Waals surface area contributed by atoms with E-state index in [1.54, 1.807) is 36.1 Å². The number of piperidine rings is 1. The number of halogens is 3. The van der Waals surface area contributed by atoms with Gasteiger partial charge in [-0.05, 0) is 73.6 Å². The molecule has 3 aromatic carbocycles. The second-order valence-corrected chi connectivity index (χ2v) is 15.1. The van der Waals surface area contributed by atoms with Gasteiger partial charge in [0.1, 0.15) is 11.1 Å². The molecule has 1 unspecified atom stereocenters. The van der Waals surface area contributed by atoms with Gasteiger partial charge in [-0.2, -0.15) is 0 Å². The van der Waals surface area contributed by atoms with Gasteiger partial charge in [0.25, 0.3) is 0 Å². The van der Waals surface area contributed by atoms with Crippen LogP contribution in [0.1, 0.15) is 73.4 Å². The van der Waals surface area contributed by atoms with Gasteiger partial charge in [0.2, 0.25) is 15.9 Å². The first-order valence-electron chi connectivity index (χ1n) is 14.6. The number of nitrogens with one attached hydrogen (secondary N) is 1. The largest absolute Gasteiger partial charge is 0.481 e. The van der Waals surface area contributed by atoms with Crippen LogP contribution in [0.3, 0.4) is 0 Å². The van der Waals surface area contributed by atoms with E-state index in [1.165, 1.54) is 25.1 Å². The van der Waals surface area contributed by atoms with Crippen LogP contribution < -0.4 is 4.72 Å². The first-order chi connectivity index (χ1) is 20.8. The van der Waals surface area contributed by atoms with Crippen LogP contribution in [0, 0.1) is 17.2 Å². The smallest absolute Gasteiger partial charge is 0.304 e. The summed E-state index contributed by atoms with van der Waals surface area (Å²) in [4.78, 5) is 28.4. The van der Waals surface area contributed by atoms with Gasteiger partial charge >= 0.3 is 5.97 Å². The topological polar surface area (TPSA) is 104 Å². The van der Waals surface area contributed by atoms with Crippen LogP contribution in [-0.4, -0.2) is 42.9 Å². The molecule has 0 bridgehead atoms. The molecule has 1 amide bonds. The Labute approximate surface area is 267 Å². The van der Waals surface area contributed by atoms with Crippen LogP contribution in [0.5, 0.6) is 0 Å². The Morgan fingerprint density at radius 1 is 1.05 bits per heavy atom. The van der Waals surface area contributed by atoms with E-state index >= 15 is 0 Å². The minimum absolute atomic E-state index is 0.00703. The Kier molecular flexibility index (Phi) is 9.42. The van der Waals surface area contributed by atoms with E-state index < -0.39 is 44.6 Å². The standard InChI is InChI=1S/C33H35Cl2FN2O5S/c1-20(26-8-3-4-9-28(26)36)44(42,43)37-19-29(21-10-11-21)38-31(22-12-14-24(34)15-13-22)27(23-6-5-7-25(35)16-23)17-33(2,32(38)41)18-30(39)40/h3-9,12-16,20-21,27,29,31,37H,10-11,17-19H2,1-2H3,(H,39,40)/t20?,27-,29-,31-,33-/m1/s1. The van der Waals surface area contributed by atoms with Crippen LogP contribution in [0.4, 0.5) is 4.39 Å². The predicted molar refractivity (Wildman–Crippen MR) is 168 cm³/mol. The van der Waals surface area contributed by atoms with Crippen molar-refractivity contribution < 1.29 is 27.5 Å². The molecule has 0 radical (unpaired) electrons. The highest BCUT2D eigenvalue weighted by Crippen LogP contribution is 2.54. The molecule has 1 heterocycles. The summed E-state index contributed by atoms with van der Waals surface area (Å²) in [6.07, 6.45) is 1.42. The van der Waals surface area contributed by atoms with Crippen molar-refractivity contribution in [2.45, 2.75) is 62.8 Å². The van der Waals surface area contributed by atoms with E-state index in [0.717, 1.165) is 24.0 Å². The molecule has 44 heavy (non-hydrogen) atoms. The molecule has 3 aromatic rings. The summed E-state index contributed by atoms with van der Waals surface area (Å²) in [5.74, 6) is -2.43. The third kappa shape index (κ3) is 6.81. The third-order valence-electron chi connectivity index (χ3n) is 8.96. The number of hydrogen-bond acceptors (Lipinski definition) is 4. The van der Waals surface area contributed by atoms with E-state index in [-0.39, 0.29) is 42.7 Å². The lowest BCUT2D eigenvalue weighted by Gasteiger charge is -2.52. The number of carboxylic acid groups (broad SMARTS) is 1. The minimum atomic E-state index is -4.06. The molecule has 2 aliphatic rings. The average Bonchev–Trinajstić information content (AvgIpc) is 3.81. The van der Waals surface area contributed by atoms with E-state index in [1.807, 2.05) is 30.3 Å². The fourth-order valence-electron chi connectivity index (χ4n) is 6.52. The van der Waals surface area contributed by atoms with E-state index in [9.17, 15) is 27.5 Å². The molecule has 1 saturated heterocycles. The Balaban J connectivity index is 1.59. The predicted octanol–water partition coefficient (Wildman–Crippen LogP) is 7.13. The van der Waals surface area contributed by atoms with Gasteiger partial charge in [0.15, 0.2) is 0 Å². The molecule has 2 fully saturated rings. The fraction of sp³-hybridized carbons (Fsp3) is 0.394. The first-order valence-corrected chi connectivity index (χ1v) is 16.9. The summed E-state index contributed by atoms with van der Waals surface area (Å²) in [6.45, 7) is 2.99. The number of carbonyl (C=O) groups excluding carboxylic acids is 1. The molecule has 11 heteroatoms. The second kappa shape index (κ2) is 12.8. The number of nitrogens with zero attached hydrogens (tertiary/aromatic N) is 1. The Morgan fingerprint density at radius 3 is 2.34 bits per heavy atom. The number of carbonyl (C=O) groups is 2. The van der Waals surface area contributed by atoms with Crippen LogP contribution in [-0.2, 0) is 19.6 Å². The lowest BCUT2D eigenvalue weighted by molar-refractivity contribution is -0.161. The lowest BCUT2D eigenvalue weighted by Crippen LogP contribution is -2.59. The number of amides is 1. The quantitative estimate of drug-likeness (QED) is 0.228. The second-order valence-electron chi connectivity index (χ2n) is 12.2. The number of benzene rings is 3. The zero-order valence-corrected chi connectivity index (χ0v) is 26.7. The minimum Gasteiger partial charge on any atom is -0.481 e. The van der Waals surface area contributed by atoms with E-state index in [2.05, 4.69) is 4.72 Å². The maximum absolute atomic E-state index is 14.6. The van der Waals surface area contributed by atoms with Gasteiger partial charge in [0.05, 0.1) is 17.9 Å². The van der Waals surface area contributed by atoms with E-state index in [4.69, 9.17) is 23.2 Å². The maximum Gasteiger partial charge on any atom is 0.304 e. The van der Waals surface area contributed by atoms with E-state index in [0.29, 0.717) is 10.0 Å². The van der Waals surface area contributed by atoms with Crippen molar-refractivity contribution in [3.63, 3.8) is 0 Å². The molecule has 234 valence electrons. The number of carboxylic acids is 1. The molecule has 1 aliphatic heterocycles. The van der Waals surface area contributed by atoms with Gasteiger partial charge in [-0.3, -0.25) is 9.59 Å². The number of hydrogen-bond donors (Lipinski definition) is 2. The molecular formula is C33H35Cl2FN2O5S. The fourth-order valence-corrected chi connectivity index (χ4v) is 8.02. The van der Waals surface area contributed by atoms with Crippen molar-refractivity contribution >= 4 is 45.1 Å². The highest BCUT2D eigenvalue weighted by molar-refractivity contribution is 7.89. The average molecular weight is 662 g/mol. The molecular weight excluding hydrogens is 626 g/mol. The Bertz CT molecular complexity index is 1650. The summed E-state index contributed by atoms with van der Waals surface area (Å²) in [5, 5.41) is 9.73. The third-order valence-corrected chi connectivity index (χ3v) is 11.2. The van der Waals surface area contributed by atoms with Crippen LogP contribution in [0.2, 0.25) is 10.0 Å². The Morgan fingerprint density at radius 2 is 1.73 bits per heavy atom. The summed E-state index contributed by atoms with van der Waals surface area (Å²) < 4.78 is 44.2. The highest BCUT2D eigenvalue weighted by atomic mass is 35.5. The molecule has 0 aromatic heterocycles. The lowest BCUT2D eigenvalue weighted by atomic mass is 9.67. The van der Waals surface area contributed by atoms with Crippen LogP contribution in [0.15, 0.2) is 72.8 Å². The summed E-state index contributed by atoms with van der Waals surface area (Å²) in [5.41, 5.74) is 0.410. The van der Waals surface area contributed by atoms with Crippen molar-refractivity contribution in [3.8, 4) is 0 Å². The number of rotatable bonds is 11. The van der Waals surface area contributed by atoms with Crippen molar-refractivity contribution in [2.24, 2.45) is 11.3 Å².